The normalized spacial score (nSPS) is 11.2. The van der Waals surface area contributed by atoms with Crippen LogP contribution in [0.1, 0.15) is 90.4 Å². The van der Waals surface area contributed by atoms with Crippen LogP contribution in [-0.2, 0) is 0 Å². The van der Waals surface area contributed by atoms with Crippen LogP contribution in [0.15, 0.2) is 42.6 Å². The third-order valence-electron chi connectivity index (χ3n) is 4.37. The first kappa shape index (κ1) is 19.8. The summed E-state index contributed by atoms with van der Waals surface area (Å²) in [7, 11) is 0. The van der Waals surface area contributed by atoms with Crippen LogP contribution in [0.4, 0.5) is 5.69 Å². The summed E-state index contributed by atoms with van der Waals surface area (Å²) in [6.07, 6.45) is 22.6. The molecule has 0 radical (unpaired) electrons. The van der Waals surface area contributed by atoms with Gasteiger partial charge in [-0.15, -0.1) is 0 Å². The zero-order chi connectivity index (χ0) is 16.4. The van der Waals surface area contributed by atoms with Crippen LogP contribution in [0, 0.1) is 0 Å². The molecule has 23 heavy (non-hydrogen) atoms. The van der Waals surface area contributed by atoms with Gasteiger partial charge in [0.05, 0.1) is 0 Å². The average molecular weight is 316 g/mol. The molecular formula is C22H37N. The summed E-state index contributed by atoms with van der Waals surface area (Å²) in [4.78, 5) is 0. The predicted octanol–water partition coefficient (Wildman–Crippen LogP) is 7.70. The summed E-state index contributed by atoms with van der Waals surface area (Å²) in [5.74, 6) is 0. The molecule has 0 bridgehead atoms. The number of rotatable bonds is 15. The van der Waals surface area contributed by atoms with Crippen LogP contribution >= 0.6 is 0 Å². The quantitative estimate of drug-likeness (QED) is 0.327. The fourth-order valence-corrected chi connectivity index (χ4v) is 2.88. The van der Waals surface area contributed by atoms with Crippen molar-refractivity contribution in [2.45, 2.75) is 90.4 Å². The molecule has 1 aromatic carbocycles. The lowest BCUT2D eigenvalue weighted by Crippen LogP contribution is -1.86. The van der Waals surface area contributed by atoms with Crippen LogP contribution < -0.4 is 5.32 Å². The molecule has 0 spiro atoms. The molecule has 0 aliphatic heterocycles. The Morgan fingerprint density at radius 3 is 1.78 bits per heavy atom. The van der Waals surface area contributed by atoms with E-state index in [-0.39, 0.29) is 0 Å². The van der Waals surface area contributed by atoms with E-state index in [1.165, 1.54) is 89.2 Å². The third-order valence-corrected chi connectivity index (χ3v) is 4.37. The minimum absolute atomic E-state index is 1.17. The van der Waals surface area contributed by atoms with Crippen molar-refractivity contribution < 1.29 is 0 Å². The van der Waals surface area contributed by atoms with E-state index in [1.807, 2.05) is 6.07 Å². The van der Waals surface area contributed by atoms with E-state index in [0.717, 1.165) is 0 Å². The van der Waals surface area contributed by atoms with E-state index in [2.05, 4.69) is 48.8 Å². The van der Waals surface area contributed by atoms with Crippen molar-refractivity contribution in [1.29, 1.82) is 0 Å². The number of para-hydroxylation sites is 1. The third kappa shape index (κ3) is 12.9. The summed E-state index contributed by atoms with van der Waals surface area (Å²) >= 11 is 0. The summed E-state index contributed by atoms with van der Waals surface area (Å²) in [5.41, 5.74) is 1.17. The van der Waals surface area contributed by atoms with Gasteiger partial charge in [0.25, 0.3) is 0 Å². The topological polar surface area (TPSA) is 12.0 Å². The number of benzene rings is 1. The van der Waals surface area contributed by atoms with Crippen molar-refractivity contribution in [2.75, 3.05) is 5.32 Å². The summed E-state index contributed by atoms with van der Waals surface area (Å²) in [5, 5.41) is 3.31. The van der Waals surface area contributed by atoms with Crippen molar-refractivity contribution in [3.05, 3.63) is 42.6 Å². The molecule has 1 rings (SSSR count). The molecule has 0 heterocycles. The molecular weight excluding hydrogens is 278 g/mol. The van der Waals surface area contributed by atoms with Gasteiger partial charge in [0.15, 0.2) is 0 Å². The lowest BCUT2D eigenvalue weighted by Gasteiger charge is -2.02. The average Bonchev–Trinajstić information content (AvgIpc) is 2.59. The minimum atomic E-state index is 1.17. The molecule has 1 N–H and O–H groups in total. The molecule has 1 nitrogen and oxygen atoms in total. The maximum Gasteiger partial charge on any atom is 0.0379 e. The van der Waals surface area contributed by atoms with Gasteiger partial charge in [-0.1, -0.05) is 102 Å². The number of allylic oxidation sites excluding steroid dienone is 1. The zero-order valence-corrected chi connectivity index (χ0v) is 15.2. The fraction of sp³-hybridized carbons (Fsp3) is 0.636. The van der Waals surface area contributed by atoms with Crippen molar-refractivity contribution in [3.8, 4) is 0 Å². The Kier molecular flexibility index (Phi) is 13.5. The Labute approximate surface area is 144 Å². The summed E-state index contributed by atoms with van der Waals surface area (Å²) < 4.78 is 0. The Morgan fingerprint density at radius 2 is 1.22 bits per heavy atom. The van der Waals surface area contributed by atoms with Crippen LogP contribution in [-0.4, -0.2) is 0 Å². The van der Waals surface area contributed by atoms with Crippen LogP contribution in [0.25, 0.3) is 0 Å². The first-order valence-electron chi connectivity index (χ1n) is 9.90. The highest BCUT2D eigenvalue weighted by atomic mass is 14.8. The van der Waals surface area contributed by atoms with E-state index in [0.29, 0.717) is 0 Å². The zero-order valence-electron chi connectivity index (χ0n) is 15.2. The Morgan fingerprint density at radius 1 is 0.696 bits per heavy atom. The van der Waals surface area contributed by atoms with Crippen LogP contribution in [0.3, 0.4) is 0 Å². The molecule has 0 aliphatic carbocycles. The second kappa shape index (κ2) is 15.6. The predicted molar refractivity (Wildman–Crippen MR) is 105 cm³/mol. The molecule has 1 aromatic rings. The second-order valence-electron chi connectivity index (χ2n) is 6.59. The van der Waals surface area contributed by atoms with E-state index in [1.54, 1.807) is 0 Å². The molecule has 0 fully saturated rings. The number of anilines is 1. The lowest BCUT2D eigenvalue weighted by molar-refractivity contribution is 0.545. The highest BCUT2D eigenvalue weighted by Crippen LogP contribution is 2.12. The maximum atomic E-state index is 3.31. The highest BCUT2D eigenvalue weighted by Gasteiger charge is 1.93. The molecule has 130 valence electrons. The maximum absolute atomic E-state index is 3.31. The molecule has 1 heteroatoms. The molecule has 0 unspecified atom stereocenters. The van der Waals surface area contributed by atoms with Gasteiger partial charge < -0.3 is 5.32 Å². The summed E-state index contributed by atoms with van der Waals surface area (Å²) in [6.45, 7) is 2.29. The van der Waals surface area contributed by atoms with Gasteiger partial charge in [0, 0.05) is 5.69 Å². The Hall–Kier alpha value is -1.24. The standard InChI is InChI=1S/C22H37N/c1-2-3-4-5-6-7-8-9-10-11-12-13-14-18-21-23-22-19-16-15-17-20-22/h15-21,23H,2-14H2,1H3. The first-order chi connectivity index (χ1) is 11.4. The van der Waals surface area contributed by atoms with Gasteiger partial charge in [0.1, 0.15) is 0 Å². The van der Waals surface area contributed by atoms with Crippen molar-refractivity contribution >= 4 is 5.69 Å². The van der Waals surface area contributed by atoms with Gasteiger partial charge >= 0.3 is 0 Å². The second-order valence-corrected chi connectivity index (χ2v) is 6.59. The highest BCUT2D eigenvalue weighted by molar-refractivity contribution is 5.44. The van der Waals surface area contributed by atoms with E-state index in [4.69, 9.17) is 0 Å². The van der Waals surface area contributed by atoms with Gasteiger partial charge in [0.2, 0.25) is 0 Å². The first-order valence-corrected chi connectivity index (χ1v) is 9.90. The van der Waals surface area contributed by atoms with E-state index >= 15 is 0 Å². The molecule has 0 aliphatic rings. The van der Waals surface area contributed by atoms with Gasteiger partial charge in [-0.3, -0.25) is 0 Å². The van der Waals surface area contributed by atoms with E-state index in [9.17, 15) is 0 Å². The SMILES string of the molecule is CCCCCCCCCCCCCCC=CNc1ccccc1. The lowest BCUT2D eigenvalue weighted by atomic mass is 10.0. The molecule has 0 amide bonds. The summed E-state index contributed by atoms with van der Waals surface area (Å²) in [6, 6.07) is 10.3. The largest absolute Gasteiger partial charge is 0.362 e. The van der Waals surface area contributed by atoms with Gasteiger partial charge in [-0.05, 0) is 31.2 Å². The number of hydrogen-bond donors (Lipinski definition) is 1. The number of hydrogen-bond acceptors (Lipinski definition) is 1. The van der Waals surface area contributed by atoms with E-state index < -0.39 is 0 Å². The van der Waals surface area contributed by atoms with Crippen molar-refractivity contribution in [3.63, 3.8) is 0 Å². The smallest absolute Gasteiger partial charge is 0.0379 e. The number of unbranched alkanes of at least 4 members (excludes halogenated alkanes) is 12. The monoisotopic (exact) mass is 315 g/mol. The number of nitrogens with one attached hydrogen (secondary N) is 1. The minimum Gasteiger partial charge on any atom is -0.362 e. The van der Waals surface area contributed by atoms with Crippen LogP contribution in [0.2, 0.25) is 0 Å². The molecule has 0 atom stereocenters. The van der Waals surface area contributed by atoms with Crippen molar-refractivity contribution in [2.24, 2.45) is 0 Å². The molecule has 0 aromatic heterocycles. The molecule has 0 saturated heterocycles. The molecule has 0 saturated carbocycles. The van der Waals surface area contributed by atoms with Gasteiger partial charge in [-0.2, -0.15) is 0 Å². The Bertz CT molecular complexity index is 369. The fourth-order valence-electron chi connectivity index (χ4n) is 2.88. The van der Waals surface area contributed by atoms with Crippen molar-refractivity contribution in [1.82, 2.24) is 0 Å². The van der Waals surface area contributed by atoms with Crippen LogP contribution in [0.5, 0.6) is 0 Å². The Balaban J connectivity index is 1.78. The van der Waals surface area contributed by atoms with Gasteiger partial charge in [-0.25, -0.2) is 0 Å².